The predicted molar refractivity (Wildman–Crippen MR) is 86.4 cm³/mol. The second kappa shape index (κ2) is 10.2. The molecule has 1 aromatic rings. The van der Waals surface area contributed by atoms with Crippen molar-refractivity contribution in [2.75, 3.05) is 24.2 Å². The Bertz CT molecular complexity index is 398. The van der Waals surface area contributed by atoms with Gasteiger partial charge in [-0.15, -0.1) is 0 Å². The minimum Gasteiger partial charge on any atom is -0.463 e. The van der Waals surface area contributed by atoms with E-state index in [2.05, 4.69) is 34.1 Å². The molecule has 0 spiro atoms. The van der Waals surface area contributed by atoms with Gasteiger partial charge in [-0.25, -0.2) is 0 Å². The number of unbranched alkanes of at least 4 members (excludes halogenated alkanes) is 3. The van der Waals surface area contributed by atoms with Crippen molar-refractivity contribution in [3.8, 4) is 6.01 Å². The summed E-state index contributed by atoms with van der Waals surface area (Å²) in [5.41, 5.74) is 5.65. The molecule has 0 amide bonds. The number of aromatic nitrogens is 3. The van der Waals surface area contributed by atoms with Crippen LogP contribution in [-0.4, -0.2) is 28.1 Å². The fraction of sp³-hybridized carbons (Fsp3) is 0.800. The number of nitrogens with one attached hydrogen (secondary N) is 1. The summed E-state index contributed by atoms with van der Waals surface area (Å²) in [7, 11) is 0. The van der Waals surface area contributed by atoms with Crippen LogP contribution in [0.15, 0.2) is 0 Å². The molecule has 0 aliphatic heterocycles. The Kier molecular flexibility index (Phi) is 8.47. The Balaban J connectivity index is 2.23. The topological polar surface area (TPSA) is 86.0 Å². The molecule has 21 heavy (non-hydrogen) atoms. The highest BCUT2D eigenvalue weighted by Crippen LogP contribution is 2.11. The lowest BCUT2D eigenvalue weighted by Crippen LogP contribution is -2.10. The average Bonchev–Trinajstić information content (AvgIpc) is 2.43. The fourth-order valence-corrected chi connectivity index (χ4v) is 1.94. The smallest absolute Gasteiger partial charge is 0.323 e. The van der Waals surface area contributed by atoms with Gasteiger partial charge in [0.25, 0.3) is 0 Å². The van der Waals surface area contributed by atoms with Gasteiger partial charge in [0, 0.05) is 6.54 Å². The van der Waals surface area contributed by atoms with E-state index in [9.17, 15) is 0 Å². The van der Waals surface area contributed by atoms with Gasteiger partial charge in [0.15, 0.2) is 0 Å². The molecule has 0 radical (unpaired) electrons. The van der Waals surface area contributed by atoms with Gasteiger partial charge in [-0.2, -0.15) is 15.0 Å². The van der Waals surface area contributed by atoms with Crippen molar-refractivity contribution in [1.29, 1.82) is 0 Å². The Morgan fingerprint density at radius 3 is 2.57 bits per heavy atom. The first-order valence-corrected chi connectivity index (χ1v) is 8.00. The van der Waals surface area contributed by atoms with Crippen LogP contribution in [0.4, 0.5) is 11.9 Å². The number of nitrogen functional groups attached to an aromatic ring is 1. The highest BCUT2D eigenvalue weighted by atomic mass is 16.5. The van der Waals surface area contributed by atoms with E-state index in [0.29, 0.717) is 18.6 Å². The molecule has 0 saturated heterocycles. The molecule has 0 saturated carbocycles. The average molecular weight is 295 g/mol. The van der Waals surface area contributed by atoms with E-state index >= 15 is 0 Å². The second-order valence-electron chi connectivity index (χ2n) is 5.67. The van der Waals surface area contributed by atoms with Crippen molar-refractivity contribution in [2.24, 2.45) is 5.92 Å². The van der Waals surface area contributed by atoms with E-state index in [4.69, 9.17) is 10.5 Å². The van der Waals surface area contributed by atoms with Crippen LogP contribution in [0.1, 0.15) is 59.3 Å². The van der Waals surface area contributed by atoms with Gasteiger partial charge in [0.1, 0.15) is 0 Å². The molecule has 1 rings (SSSR count). The van der Waals surface area contributed by atoms with E-state index in [0.717, 1.165) is 25.3 Å². The summed E-state index contributed by atoms with van der Waals surface area (Å²) in [6, 6.07) is 0.295. The van der Waals surface area contributed by atoms with E-state index in [1.807, 2.05) is 6.92 Å². The molecule has 1 heterocycles. The summed E-state index contributed by atoms with van der Waals surface area (Å²) in [4.78, 5) is 12.2. The molecule has 1 aromatic heterocycles. The molecule has 6 nitrogen and oxygen atoms in total. The number of hydrogen-bond donors (Lipinski definition) is 2. The van der Waals surface area contributed by atoms with Gasteiger partial charge in [-0.05, 0) is 18.8 Å². The van der Waals surface area contributed by atoms with Crippen LogP contribution in [0.2, 0.25) is 0 Å². The zero-order valence-corrected chi connectivity index (χ0v) is 13.6. The lowest BCUT2D eigenvalue weighted by molar-refractivity contribution is 0.292. The standard InChI is InChI=1S/C15H29N5O/c1-4-11-21-15-19-13(16)18-14(20-15)17-10-8-6-5-7-9-12(2)3/h12H,4-11H2,1-3H3,(H3,16,17,18,19,20). The summed E-state index contributed by atoms with van der Waals surface area (Å²) in [6.45, 7) is 8.00. The Morgan fingerprint density at radius 2 is 1.86 bits per heavy atom. The lowest BCUT2D eigenvalue weighted by Gasteiger charge is -2.08. The van der Waals surface area contributed by atoms with Crippen LogP contribution in [0.25, 0.3) is 0 Å². The summed E-state index contributed by atoms with van der Waals surface area (Å²) < 4.78 is 5.38. The van der Waals surface area contributed by atoms with E-state index in [1.54, 1.807) is 0 Å². The van der Waals surface area contributed by atoms with Crippen molar-refractivity contribution in [2.45, 2.75) is 59.3 Å². The first-order chi connectivity index (χ1) is 10.1. The number of nitrogens with two attached hydrogens (primary N) is 1. The molecular formula is C15H29N5O. The third-order valence-electron chi connectivity index (χ3n) is 3.06. The Morgan fingerprint density at radius 1 is 1.10 bits per heavy atom. The van der Waals surface area contributed by atoms with Gasteiger partial charge in [0.2, 0.25) is 11.9 Å². The highest BCUT2D eigenvalue weighted by molar-refractivity contribution is 5.32. The van der Waals surface area contributed by atoms with Crippen molar-refractivity contribution >= 4 is 11.9 Å². The van der Waals surface area contributed by atoms with Gasteiger partial charge in [-0.3, -0.25) is 0 Å². The molecule has 0 unspecified atom stereocenters. The normalized spacial score (nSPS) is 10.9. The van der Waals surface area contributed by atoms with E-state index in [1.165, 1.54) is 25.7 Å². The molecule has 0 bridgehead atoms. The number of anilines is 2. The fourth-order valence-electron chi connectivity index (χ4n) is 1.94. The minimum absolute atomic E-state index is 0.190. The molecule has 6 heteroatoms. The summed E-state index contributed by atoms with van der Waals surface area (Å²) in [5.74, 6) is 1.49. The number of nitrogens with zero attached hydrogens (tertiary/aromatic N) is 3. The van der Waals surface area contributed by atoms with Crippen LogP contribution in [0.5, 0.6) is 6.01 Å². The number of rotatable bonds is 11. The van der Waals surface area contributed by atoms with Crippen molar-refractivity contribution in [1.82, 2.24) is 15.0 Å². The molecule has 0 aliphatic rings. The minimum atomic E-state index is 0.190. The third-order valence-corrected chi connectivity index (χ3v) is 3.06. The highest BCUT2D eigenvalue weighted by Gasteiger charge is 2.04. The monoisotopic (exact) mass is 295 g/mol. The zero-order valence-electron chi connectivity index (χ0n) is 13.6. The lowest BCUT2D eigenvalue weighted by atomic mass is 10.0. The second-order valence-corrected chi connectivity index (χ2v) is 5.67. The molecular weight excluding hydrogens is 266 g/mol. The largest absolute Gasteiger partial charge is 0.463 e. The van der Waals surface area contributed by atoms with Crippen molar-refractivity contribution in [3.63, 3.8) is 0 Å². The Hall–Kier alpha value is -1.59. The molecule has 3 N–H and O–H groups in total. The first-order valence-electron chi connectivity index (χ1n) is 8.00. The maximum atomic E-state index is 5.65. The van der Waals surface area contributed by atoms with E-state index < -0.39 is 0 Å². The van der Waals surface area contributed by atoms with Crippen molar-refractivity contribution < 1.29 is 4.74 Å². The van der Waals surface area contributed by atoms with Gasteiger partial charge in [-0.1, -0.05) is 46.5 Å². The SMILES string of the molecule is CCCOc1nc(N)nc(NCCCCCCC(C)C)n1. The van der Waals surface area contributed by atoms with Crippen LogP contribution >= 0.6 is 0 Å². The summed E-state index contributed by atoms with van der Waals surface area (Å²) in [5, 5.41) is 3.18. The quantitative estimate of drug-likeness (QED) is 0.609. The van der Waals surface area contributed by atoms with Gasteiger partial charge < -0.3 is 15.8 Å². The van der Waals surface area contributed by atoms with Gasteiger partial charge >= 0.3 is 6.01 Å². The Labute approximate surface area is 127 Å². The summed E-state index contributed by atoms with van der Waals surface area (Å²) >= 11 is 0. The summed E-state index contributed by atoms with van der Waals surface area (Å²) in [6.07, 6.45) is 7.14. The molecule has 0 atom stereocenters. The zero-order chi connectivity index (χ0) is 15.5. The van der Waals surface area contributed by atoms with E-state index in [-0.39, 0.29) is 5.95 Å². The number of ether oxygens (including phenoxy) is 1. The third kappa shape index (κ3) is 8.32. The number of hydrogen-bond acceptors (Lipinski definition) is 6. The maximum Gasteiger partial charge on any atom is 0.323 e. The predicted octanol–water partition coefficient (Wildman–Crippen LogP) is 3.26. The molecule has 120 valence electrons. The van der Waals surface area contributed by atoms with Crippen LogP contribution in [0.3, 0.4) is 0 Å². The van der Waals surface area contributed by atoms with Crippen LogP contribution in [-0.2, 0) is 0 Å². The molecule has 0 aromatic carbocycles. The van der Waals surface area contributed by atoms with Crippen LogP contribution < -0.4 is 15.8 Å². The molecule has 0 aliphatic carbocycles. The van der Waals surface area contributed by atoms with Crippen LogP contribution in [0, 0.1) is 5.92 Å². The first kappa shape index (κ1) is 17.5. The maximum absolute atomic E-state index is 5.65. The molecule has 0 fully saturated rings. The van der Waals surface area contributed by atoms with Gasteiger partial charge in [0.05, 0.1) is 6.61 Å². The van der Waals surface area contributed by atoms with Crippen molar-refractivity contribution in [3.05, 3.63) is 0 Å².